The summed E-state index contributed by atoms with van der Waals surface area (Å²) in [5.74, 6) is 1.78. The molecule has 0 amide bonds. The van der Waals surface area contributed by atoms with Gasteiger partial charge in [0, 0.05) is 37.6 Å². The number of aliphatic imine (C=N–C) groups is 1. The number of hydrogen-bond acceptors (Lipinski definition) is 4. The van der Waals surface area contributed by atoms with E-state index in [2.05, 4.69) is 28.5 Å². The maximum absolute atomic E-state index is 6.25. The van der Waals surface area contributed by atoms with Crippen LogP contribution in [0.15, 0.2) is 52.1 Å². The number of guanidine groups is 1. The third-order valence-corrected chi connectivity index (χ3v) is 4.97. The second-order valence-corrected chi connectivity index (χ2v) is 7.13. The van der Waals surface area contributed by atoms with Gasteiger partial charge in [-0.25, -0.2) is 0 Å². The van der Waals surface area contributed by atoms with Crippen LogP contribution in [0.3, 0.4) is 0 Å². The lowest BCUT2D eigenvalue weighted by molar-refractivity contribution is 0.0180. The molecule has 28 heavy (non-hydrogen) atoms. The molecule has 1 fully saturated rings. The first-order chi connectivity index (χ1) is 13.8. The number of nitrogens with zero attached hydrogens (tertiary/aromatic N) is 2. The quantitative estimate of drug-likeness (QED) is 0.523. The molecule has 0 bridgehead atoms. The Kier molecular flexibility index (Phi) is 8.21. The molecule has 6 nitrogen and oxygen atoms in total. The first kappa shape index (κ1) is 20.7. The molecule has 1 unspecified atom stereocenters. The Bertz CT molecular complexity index is 730. The zero-order valence-corrected chi connectivity index (χ0v) is 17.1. The fourth-order valence-electron chi connectivity index (χ4n) is 3.31. The molecule has 0 spiro atoms. The lowest BCUT2D eigenvalue weighted by atomic mass is 10.0. The molecule has 0 aliphatic carbocycles. The van der Waals surface area contributed by atoms with Crippen LogP contribution in [0.5, 0.6) is 0 Å². The largest absolute Gasteiger partial charge is 0.469 e. The fraction of sp³-hybridized carbons (Fsp3) is 0.476. The van der Waals surface area contributed by atoms with Crippen molar-refractivity contribution in [2.24, 2.45) is 4.99 Å². The highest BCUT2D eigenvalue weighted by Gasteiger charge is 2.22. The summed E-state index contributed by atoms with van der Waals surface area (Å²) in [5.41, 5.74) is 1.18. The Morgan fingerprint density at radius 1 is 1.21 bits per heavy atom. The van der Waals surface area contributed by atoms with Gasteiger partial charge in [0.2, 0.25) is 0 Å². The highest BCUT2D eigenvalue weighted by Crippen LogP contribution is 2.24. The molecule has 3 rings (SSSR count). The van der Waals surface area contributed by atoms with Gasteiger partial charge in [-0.2, -0.15) is 0 Å². The Labute approximate surface area is 171 Å². The van der Waals surface area contributed by atoms with Crippen molar-refractivity contribution in [1.82, 2.24) is 15.5 Å². The number of rotatable bonds is 8. The minimum absolute atomic E-state index is 0.170. The number of furan rings is 1. The number of hydrogen-bond donors (Lipinski definition) is 2. The normalized spacial score (nSPS) is 16.7. The van der Waals surface area contributed by atoms with Crippen LogP contribution in [0.1, 0.15) is 24.3 Å². The minimum Gasteiger partial charge on any atom is -0.469 e. The Morgan fingerprint density at radius 2 is 2.07 bits per heavy atom. The topological polar surface area (TPSA) is 62.0 Å². The maximum atomic E-state index is 6.25. The molecular weight excluding hydrogens is 376 g/mol. The summed E-state index contributed by atoms with van der Waals surface area (Å²) in [6, 6.07) is 12.1. The standard InChI is InChI=1S/C21H29ClN4O2/c1-2-23-21(24-9-8-19-7-4-12-28-19)25-16-20(26-10-13-27-14-11-26)17-5-3-6-18(22)15-17/h3-7,12,15,20H,2,8-11,13-14,16H2,1H3,(H2,23,24,25). The fourth-order valence-corrected chi connectivity index (χ4v) is 3.51. The van der Waals surface area contributed by atoms with Crippen LogP contribution in [0.4, 0.5) is 0 Å². The Hall–Kier alpha value is -2.02. The maximum Gasteiger partial charge on any atom is 0.191 e. The van der Waals surface area contributed by atoms with E-state index < -0.39 is 0 Å². The third kappa shape index (κ3) is 6.26. The van der Waals surface area contributed by atoms with E-state index in [0.29, 0.717) is 6.54 Å². The van der Waals surface area contributed by atoms with Crippen molar-refractivity contribution < 1.29 is 9.15 Å². The van der Waals surface area contributed by atoms with Gasteiger partial charge in [0.25, 0.3) is 0 Å². The highest BCUT2D eigenvalue weighted by molar-refractivity contribution is 6.30. The Morgan fingerprint density at radius 3 is 2.79 bits per heavy atom. The molecule has 2 heterocycles. The van der Waals surface area contributed by atoms with Gasteiger partial charge in [0.05, 0.1) is 32.1 Å². The molecule has 0 radical (unpaired) electrons. The van der Waals surface area contributed by atoms with Gasteiger partial charge < -0.3 is 19.8 Å². The van der Waals surface area contributed by atoms with Gasteiger partial charge in [0.15, 0.2) is 5.96 Å². The van der Waals surface area contributed by atoms with Crippen molar-refractivity contribution in [2.75, 3.05) is 45.9 Å². The summed E-state index contributed by atoms with van der Waals surface area (Å²) in [6.07, 6.45) is 2.52. The van der Waals surface area contributed by atoms with E-state index in [1.165, 1.54) is 5.56 Å². The first-order valence-electron chi connectivity index (χ1n) is 9.88. The van der Waals surface area contributed by atoms with E-state index in [4.69, 9.17) is 25.7 Å². The average molecular weight is 405 g/mol. The van der Waals surface area contributed by atoms with Gasteiger partial charge >= 0.3 is 0 Å². The van der Waals surface area contributed by atoms with E-state index in [0.717, 1.165) is 62.6 Å². The van der Waals surface area contributed by atoms with Gasteiger partial charge in [-0.05, 0) is 36.8 Å². The molecule has 1 aromatic heterocycles. The van der Waals surface area contributed by atoms with Crippen LogP contribution in [0, 0.1) is 0 Å². The van der Waals surface area contributed by atoms with Crippen LogP contribution in [0.2, 0.25) is 5.02 Å². The van der Waals surface area contributed by atoms with Crippen LogP contribution in [0.25, 0.3) is 0 Å². The summed E-state index contributed by atoms with van der Waals surface area (Å²) in [4.78, 5) is 7.27. The van der Waals surface area contributed by atoms with Crippen LogP contribution >= 0.6 is 11.6 Å². The average Bonchev–Trinajstić information content (AvgIpc) is 3.22. The molecule has 7 heteroatoms. The second kappa shape index (κ2) is 11.1. The molecular formula is C21H29ClN4O2. The van der Waals surface area contributed by atoms with Crippen molar-refractivity contribution in [3.05, 3.63) is 59.0 Å². The molecule has 1 aromatic carbocycles. The van der Waals surface area contributed by atoms with Crippen molar-refractivity contribution in [1.29, 1.82) is 0 Å². The predicted molar refractivity (Wildman–Crippen MR) is 113 cm³/mol. The summed E-state index contributed by atoms with van der Waals surface area (Å²) >= 11 is 6.25. The number of morpholine rings is 1. The van der Waals surface area contributed by atoms with Gasteiger partial charge in [-0.3, -0.25) is 9.89 Å². The molecule has 1 atom stereocenters. The summed E-state index contributed by atoms with van der Waals surface area (Å²) in [6.45, 7) is 7.59. The van der Waals surface area contributed by atoms with Crippen molar-refractivity contribution in [3.8, 4) is 0 Å². The number of nitrogens with one attached hydrogen (secondary N) is 2. The predicted octanol–water partition coefficient (Wildman–Crippen LogP) is 3.10. The lowest BCUT2D eigenvalue weighted by Gasteiger charge is -2.34. The van der Waals surface area contributed by atoms with Crippen LogP contribution in [-0.4, -0.2) is 56.8 Å². The summed E-state index contributed by atoms with van der Waals surface area (Å²) in [7, 11) is 0. The molecule has 1 aliphatic rings. The number of ether oxygens (including phenoxy) is 1. The van der Waals surface area contributed by atoms with E-state index in [-0.39, 0.29) is 6.04 Å². The zero-order chi connectivity index (χ0) is 19.6. The Balaban J connectivity index is 1.67. The van der Waals surface area contributed by atoms with Crippen molar-refractivity contribution in [2.45, 2.75) is 19.4 Å². The van der Waals surface area contributed by atoms with E-state index >= 15 is 0 Å². The second-order valence-electron chi connectivity index (χ2n) is 6.69. The molecule has 1 aliphatic heterocycles. The van der Waals surface area contributed by atoms with Crippen molar-refractivity contribution >= 4 is 17.6 Å². The smallest absolute Gasteiger partial charge is 0.191 e. The first-order valence-corrected chi connectivity index (χ1v) is 10.3. The number of halogens is 1. The van der Waals surface area contributed by atoms with E-state index in [9.17, 15) is 0 Å². The van der Waals surface area contributed by atoms with E-state index in [1.807, 2.05) is 30.3 Å². The van der Waals surface area contributed by atoms with Crippen molar-refractivity contribution in [3.63, 3.8) is 0 Å². The molecule has 1 saturated heterocycles. The SMILES string of the molecule is CCNC(=NCC(c1cccc(Cl)c1)N1CCOCC1)NCCc1ccco1. The van der Waals surface area contributed by atoms with E-state index in [1.54, 1.807) is 6.26 Å². The summed E-state index contributed by atoms with van der Waals surface area (Å²) < 4.78 is 10.9. The zero-order valence-electron chi connectivity index (χ0n) is 16.4. The minimum atomic E-state index is 0.170. The highest BCUT2D eigenvalue weighted by atomic mass is 35.5. The monoisotopic (exact) mass is 404 g/mol. The van der Waals surface area contributed by atoms with Crippen LogP contribution in [-0.2, 0) is 11.2 Å². The van der Waals surface area contributed by atoms with Gasteiger partial charge in [0.1, 0.15) is 5.76 Å². The van der Waals surface area contributed by atoms with Gasteiger partial charge in [-0.15, -0.1) is 0 Å². The molecule has 2 aromatic rings. The molecule has 152 valence electrons. The van der Waals surface area contributed by atoms with Gasteiger partial charge in [-0.1, -0.05) is 23.7 Å². The molecule has 2 N–H and O–H groups in total. The lowest BCUT2D eigenvalue weighted by Crippen LogP contribution is -2.42. The summed E-state index contributed by atoms with van der Waals surface area (Å²) in [5, 5.41) is 7.47. The number of benzene rings is 1. The van der Waals surface area contributed by atoms with Crippen LogP contribution < -0.4 is 10.6 Å². The molecule has 0 saturated carbocycles. The third-order valence-electron chi connectivity index (χ3n) is 4.73.